The van der Waals surface area contributed by atoms with Gasteiger partial charge in [-0.25, -0.2) is 0 Å². The van der Waals surface area contributed by atoms with Gasteiger partial charge in [0.15, 0.2) is 0 Å². The monoisotopic (exact) mass is 612 g/mol. The number of amides is 2. The highest BCUT2D eigenvalue weighted by Gasteiger charge is 2.47. The van der Waals surface area contributed by atoms with E-state index >= 15 is 0 Å². The van der Waals surface area contributed by atoms with Crippen LogP contribution in [0.2, 0.25) is 5.02 Å². The first-order chi connectivity index (χ1) is 21.3. The molecule has 0 saturated heterocycles. The largest absolute Gasteiger partial charge is 0.493 e. The van der Waals surface area contributed by atoms with Gasteiger partial charge in [0.25, 0.3) is 5.91 Å². The van der Waals surface area contributed by atoms with Crippen LogP contribution in [0.4, 0.5) is 5.69 Å². The third-order valence-corrected chi connectivity index (χ3v) is 8.68. The fourth-order valence-electron chi connectivity index (χ4n) is 5.93. The molecule has 6 rings (SSSR count). The van der Waals surface area contributed by atoms with E-state index < -0.39 is 18.4 Å². The number of aliphatic carboxylic acids is 1. The van der Waals surface area contributed by atoms with Gasteiger partial charge in [0, 0.05) is 46.6 Å². The van der Waals surface area contributed by atoms with Crippen LogP contribution in [0, 0.1) is 12.8 Å². The number of carbonyl (C=O) groups is 3. The predicted octanol–water partition coefficient (Wildman–Crippen LogP) is 5.68. The lowest BCUT2D eigenvalue weighted by molar-refractivity contribution is -0.135. The minimum Gasteiger partial charge on any atom is -0.493 e. The van der Waals surface area contributed by atoms with E-state index in [1.54, 1.807) is 18.2 Å². The summed E-state index contributed by atoms with van der Waals surface area (Å²) in [4.78, 5) is 38.5. The zero-order valence-electron chi connectivity index (χ0n) is 24.3. The number of anilines is 1. The van der Waals surface area contributed by atoms with E-state index in [4.69, 9.17) is 21.4 Å². The van der Waals surface area contributed by atoms with Crippen LogP contribution in [-0.2, 0) is 16.1 Å². The van der Waals surface area contributed by atoms with Crippen molar-refractivity contribution in [3.63, 3.8) is 0 Å². The number of halogens is 1. The van der Waals surface area contributed by atoms with Crippen molar-refractivity contribution in [2.75, 3.05) is 24.6 Å². The number of carbonyl (C=O) groups excluding carboxylic acids is 2. The molecule has 1 aliphatic carbocycles. The Kier molecular flexibility index (Phi) is 8.39. The Morgan fingerprint density at radius 3 is 2.77 bits per heavy atom. The van der Waals surface area contributed by atoms with Crippen molar-refractivity contribution in [3.8, 4) is 16.9 Å². The summed E-state index contributed by atoms with van der Waals surface area (Å²) < 4.78 is 7.73. The Bertz CT molecular complexity index is 1730. The first-order valence-electron chi connectivity index (χ1n) is 14.7. The Hall–Kier alpha value is -4.63. The van der Waals surface area contributed by atoms with Crippen LogP contribution >= 0.6 is 11.6 Å². The maximum Gasteiger partial charge on any atom is 0.322 e. The van der Waals surface area contributed by atoms with E-state index in [9.17, 15) is 14.4 Å². The average Bonchev–Trinajstić information content (AvgIpc) is 3.67. The van der Waals surface area contributed by atoms with Crippen molar-refractivity contribution in [1.29, 1.82) is 0 Å². The number of aromatic nitrogens is 2. The summed E-state index contributed by atoms with van der Waals surface area (Å²) in [6.45, 7) is 3.11. The summed E-state index contributed by atoms with van der Waals surface area (Å²) in [6, 6.07) is 18.8. The van der Waals surface area contributed by atoms with Crippen molar-refractivity contribution < 1.29 is 24.2 Å². The van der Waals surface area contributed by atoms with Crippen LogP contribution in [0.15, 0.2) is 73.1 Å². The maximum absolute atomic E-state index is 13.4. The van der Waals surface area contributed by atoms with Gasteiger partial charge in [0.1, 0.15) is 12.3 Å². The second-order valence-electron chi connectivity index (χ2n) is 11.4. The quantitative estimate of drug-likeness (QED) is 0.211. The van der Waals surface area contributed by atoms with Crippen LogP contribution < -0.4 is 15.0 Å². The van der Waals surface area contributed by atoms with Crippen molar-refractivity contribution in [2.24, 2.45) is 5.92 Å². The summed E-state index contributed by atoms with van der Waals surface area (Å²) in [5.74, 6) is 0.206. The fraction of sp³-hybridized carbons (Fsp3) is 0.294. The Morgan fingerprint density at radius 2 is 1.93 bits per heavy atom. The van der Waals surface area contributed by atoms with Crippen molar-refractivity contribution in [2.45, 2.75) is 38.6 Å². The topological polar surface area (TPSA) is 114 Å². The first kappa shape index (κ1) is 29.4. The molecule has 2 N–H and O–H groups in total. The van der Waals surface area contributed by atoms with E-state index in [2.05, 4.69) is 16.5 Å². The molecule has 2 unspecified atom stereocenters. The molecule has 2 heterocycles. The van der Waals surface area contributed by atoms with Gasteiger partial charge in [-0.3, -0.25) is 19.1 Å². The van der Waals surface area contributed by atoms with Gasteiger partial charge in [-0.2, -0.15) is 5.10 Å². The molecule has 1 aliphatic heterocycles. The molecule has 226 valence electrons. The van der Waals surface area contributed by atoms with E-state index in [1.807, 2.05) is 65.3 Å². The molecule has 2 amide bonds. The van der Waals surface area contributed by atoms with Crippen LogP contribution in [0.1, 0.15) is 52.2 Å². The second-order valence-corrected chi connectivity index (χ2v) is 11.8. The summed E-state index contributed by atoms with van der Waals surface area (Å²) >= 11 is 6.20. The molecular formula is C34H33ClN4O5. The zero-order chi connectivity index (χ0) is 30.8. The van der Waals surface area contributed by atoms with Crippen LogP contribution in [-0.4, -0.2) is 52.4 Å². The third kappa shape index (κ3) is 6.33. The SMILES string of the molecule is Cc1c(Cl)cccc1OCCCC(=O)N1CC2CC2c2c(-c3cnn(Cc4cccc(C(=O)NCC(=O)O)c4)c3)cccc21. The van der Waals surface area contributed by atoms with Gasteiger partial charge < -0.3 is 20.1 Å². The van der Waals surface area contributed by atoms with Crippen LogP contribution in [0.25, 0.3) is 11.1 Å². The molecule has 1 fully saturated rings. The summed E-state index contributed by atoms with van der Waals surface area (Å²) in [6.07, 6.45) is 5.90. The van der Waals surface area contributed by atoms with Gasteiger partial charge in [-0.15, -0.1) is 0 Å². The minimum absolute atomic E-state index is 0.100. The molecule has 9 nitrogen and oxygen atoms in total. The van der Waals surface area contributed by atoms with Crippen molar-refractivity contribution in [1.82, 2.24) is 15.1 Å². The zero-order valence-corrected chi connectivity index (χ0v) is 25.1. The number of nitrogens with one attached hydrogen (secondary N) is 1. The molecule has 10 heteroatoms. The fourth-order valence-corrected chi connectivity index (χ4v) is 6.10. The standard InChI is InChI=1S/C34H33ClN4O5/c1-21-28(35)9-4-11-30(21)44-13-5-12-31(40)39-20-24-15-27(24)33-26(8-3-10-29(33)39)25-16-37-38(19-25)18-22-6-2-7-23(14-22)34(43)36-17-32(41)42/h2-4,6-11,14,16,19,24,27H,5,12-13,15,17-18,20H2,1H3,(H,36,43)(H,41,42). The smallest absolute Gasteiger partial charge is 0.322 e. The summed E-state index contributed by atoms with van der Waals surface area (Å²) in [5.41, 5.74) is 6.40. The molecule has 1 aromatic heterocycles. The molecule has 2 atom stereocenters. The van der Waals surface area contributed by atoms with E-state index in [1.165, 1.54) is 5.56 Å². The Labute approximate surface area is 260 Å². The molecule has 0 radical (unpaired) electrons. The molecule has 44 heavy (non-hydrogen) atoms. The number of nitrogens with zero attached hydrogens (tertiary/aromatic N) is 3. The van der Waals surface area contributed by atoms with Crippen molar-refractivity contribution >= 4 is 35.1 Å². The third-order valence-electron chi connectivity index (χ3n) is 8.27. The predicted molar refractivity (Wildman–Crippen MR) is 167 cm³/mol. The number of fused-ring (bicyclic) bond motifs is 3. The molecule has 0 bridgehead atoms. The number of rotatable bonds is 11. The molecule has 3 aromatic carbocycles. The maximum atomic E-state index is 13.4. The molecule has 1 saturated carbocycles. The summed E-state index contributed by atoms with van der Waals surface area (Å²) in [5, 5.41) is 16.5. The average molecular weight is 613 g/mol. The first-order valence-corrected chi connectivity index (χ1v) is 15.1. The molecule has 4 aromatic rings. The van der Waals surface area contributed by atoms with Crippen LogP contribution in [0.5, 0.6) is 5.75 Å². The Balaban J connectivity index is 1.13. The lowest BCUT2D eigenvalue weighted by Gasteiger charge is -2.30. The number of ether oxygens (including phenoxy) is 1. The van der Waals surface area contributed by atoms with E-state index in [0.29, 0.717) is 48.4 Å². The van der Waals surface area contributed by atoms with Gasteiger partial charge in [-0.05, 0) is 78.6 Å². The number of benzene rings is 3. The Morgan fingerprint density at radius 1 is 1.11 bits per heavy atom. The van der Waals surface area contributed by atoms with E-state index in [0.717, 1.165) is 46.7 Å². The highest BCUT2D eigenvalue weighted by molar-refractivity contribution is 6.31. The highest BCUT2D eigenvalue weighted by atomic mass is 35.5. The lowest BCUT2D eigenvalue weighted by atomic mass is 9.92. The van der Waals surface area contributed by atoms with E-state index in [-0.39, 0.29) is 5.91 Å². The van der Waals surface area contributed by atoms with Gasteiger partial charge >= 0.3 is 5.97 Å². The lowest BCUT2D eigenvalue weighted by Crippen LogP contribution is -2.36. The second kappa shape index (κ2) is 12.5. The highest BCUT2D eigenvalue weighted by Crippen LogP contribution is 2.57. The number of carboxylic acids is 1. The number of carboxylic acid groups (broad SMARTS) is 1. The normalized spacial score (nSPS) is 16.5. The van der Waals surface area contributed by atoms with Gasteiger partial charge in [0.05, 0.1) is 19.3 Å². The molecule has 2 aliphatic rings. The van der Waals surface area contributed by atoms with Gasteiger partial charge in [0.2, 0.25) is 5.91 Å². The minimum atomic E-state index is -1.10. The number of hydrogen-bond donors (Lipinski definition) is 2. The number of hydrogen-bond acceptors (Lipinski definition) is 5. The van der Waals surface area contributed by atoms with Crippen LogP contribution in [0.3, 0.4) is 0 Å². The van der Waals surface area contributed by atoms with Crippen molar-refractivity contribution in [3.05, 3.63) is 100 Å². The molecule has 0 spiro atoms. The molecular weight excluding hydrogens is 580 g/mol. The van der Waals surface area contributed by atoms with Gasteiger partial charge in [-0.1, -0.05) is 41.9 Å². The summed E-state index contributed by atoms with van der Waals surface area (Å²) in [7, 11) is 0.